The Kier molecular flexibility index (Phi) is 5.46. The fourth-order valence-corrected chi connectivity index (χ4v) is 3.50. The summed E-state index contributed by atoms with van der Waals surface area (Å²) in [7, 11) is 1.97. The lowest BCUT2D eigenvalue weighted by Crippen LogP contribution is -2.25. The molecule has 2 aromatic heterocycles. The van der Waals surface area contributed by atoms with E-state index in [0.717, 1.165) is 16.4 Å². The maximum atomic E-state index is 12.6. The predicted octanol–water partition coefficient (Wildman–Crippen LogP) is 3.98. The van der Waals surface area contributed by atoms with Gasteiger partial charge in [-0.1, -0.05) is 42.1 Å². The first-order chi connectivity index (χ1) is 12.5. The third-order valence-corrected chi connectivity index (χ3v) is 5.23. The van der Waals surface area contributed by atoms with Crippen molar-refractivity contribution in [3.8, 4) is 11.3 Å². The average molecular weight is 369 g/mol. The number of imidazole rings is 1. The lowest BCUT2D eigenvalue weighted by atomic mass is 10.2. The van der Waals surface area contributed by atoms with Crippen LogP contribution in [0.2, 0.25) is 0 Å². The van der Waals surface area contributed by atoms with Crippen molar-refractivity contribution >= 4 is 23.5 Å². The fourth-order valence-electron chi connectivity index (χ4n) is 2.64. The van der Waals surface area contributed by atoms with Crippen LogP contribution in [0.4, 0.5) is 5.82 Å². The van der Waals surface area contributed by atoms with Crippen LogP contribution in [-0.2, 0) is 11.8 Å². The van der Waals surface area contributed by atoms with Gasteiger partial charge in [-0.2, -0.15) is 5.10 Å². The van der Waals surface area contributed by atoms with Crippen molar-refractivity contribution in [2.75, 3.05) is 5.32 Å². The molecule has 3 aromatic rings. The molecule has 1 atom stereocenters. The number of nitrogens with zero attached hydrogens (tertiary/aromatic N) is 4. The molecule has 0 saturated heterocycles. The molecule has 0 radical (unpaired) electrons. The first kappa shape index (κ1) is 18.3. The summed E-state index contributed by atoms with van der Waals surface area (Å²) in [4.78, 5) is 17.1. The number of hydrogen-bond acceptors (Lipinski definition) is 4. The summed E-state index contributed by atoms with van der Waals surface area (Å²) in [6, 6.07) is 12.1. The van der Waals surface area contributed by atoms with Crippen molar-refractivity contribution in [2.45, 2.75) is 37.2 Å². The van der Waals surface area contributed by atoms with Gasteiger partial charge in [0, 0.05) is 19.2 Å². The lowest BCUT2D eigenvalue weighted by molar-refractivity contribution is -0.115. The Morgan fingerprint density at radius 3 is 2.58 bits per heavy atom. The highest BCUT2D eigenvalue weighted by Crippen LogP contribution is 2.28. The third-order valence-electron chi connectivity index (χ3n) is 4.08. The number of nitrogens with one attached hydrogen (secondary N) is 1. The van der Waals surface area contributed by atoms with Crippen molar-refractivity contribution in [2.24, 2.45) is 7.05 Å². The van der Waals surface area contributed by atoms with E-state index in [1.807, 2.05) is 62.8 Å². The molecule has 1 aromatic carbocycles. The zero-order chi connectivity index (χ0) is 18.7. The number of carbonyl (C=O) groups is 1. The SMILES string of the molecule is CC(C)n1nccc1NC(=O)[C@H](C)Sc1ncc(-c2ccccc2)n1C. The van der Waals surface area contributed by atoms with Crippen LogP contribution in [0.5, 0.6) is 0 Å². The number of aromatic nitrogens is 4. The molecule has 0 unspecified atom stereocenters. The average Bonchev–Trinajstić information content (AvgIpc) is 3.23. The van der Waals surface area contributed by atoms with Gasteiger partial charge in [0.15, 0.2) is 5.16 Å². The molecule has 0 aliphatic heterocycles. The molecule has 6 nitrogen and oxygen atoms in total. The van der Waals surface area contributed by atoms with Gasteiger partial charge in [-0.05, 0) is 26.3 Å². The van der Waals surface area contributed by atoms with Gasteiger partial charge >= 0.3 is 0 Å². The molecule has 1 amide bonds. The third kappa shape index (κ3) is 3.83. The van der Waals surface area contributed by atoms with Gasteiger partial charge in [0.2, 0.25) is 5.91 Å². The highest BCUT2D eigenvalue weighted by molar-refractivity contribution is 8.00. The molecular weight excluding hydrogens is 346 g/mol. The molecule has 7 heteroatoms. The molecule has 0 saturated carbocycles. The quantitative estimate of drug-likeness (QED) is 0.668. The second-order valence-corrected chi connectivity index (χ2v) is 7.66. The van der Waals surface area contributed by atoms with Gasteiger partial charge in [-0.25, -0.2) is 9.67 Å². The van der Waals surface area contributed by atoms with Gasteiger partial charge in [0.25, 0.3) is 0 Å². The Balaban J connectivity index is 1.70. The number of amides is 1. The van der Waals surface area contributed by atoms with E-state index in [1.165, 1.54) is 11.8 Å². The first-order valence-electron chi connectivity index (χ1n) is 8.55. The topological polar surface area (TPSA) is 64.7 Å². The van der Waals surface area contributed by atoms with Crippen molar-refractivity contribution in [1.29, 1.82) is 0 Å². The fraction of sp³-hybridized carbons (Fsp3) is 0.316. The van der Waals surface area contributed by atoms with Crippen LogP contribution in [0.15, 0.2) is 53.9 Å². The Hall–Kier alpha value is -2.54. The summed E-state index contributed by atoms with van der Waals surface area (Å²) in [6.45, 7) is 5.94. The van der Waals surface area contributed by atoms with Crippen LogP contribution in [0.25, 0.3) is 11.3 Å². The van der Waals surface area contributed by atoms with Gasteiger partial charge in [-0.3, -0.25) is 4.79 Å². The number of carbonyl (C=O) groups excluding carboxylic acids is 1. The maximum Gasteiger partial charge on any atom is 0.238 e. The molecular formula is C19H23N5OS. The van der Waals surface area contributed by atoms with E-state index in [-0.39, 0.29) is 17.2 Å². The highest BCUT2D eigenvalue weighted by Gasteiger charge is 2.20. The van der Waals surface area contributed by atoms with E-state index in [0.29, 0.717) is 5.82 Å². The molecule has 3 rings (SSSR count). The first-order valence-corrected chi connectivity index (χ1v) is 9.43. The van der Waals surface area contributed by atoms with Gasteiger partial charge in [-0.15, -0.1) is 0 Å². The van der Waals surface area contributed by atoms with Crippen LogP contribution in [0.3, 0.4) is 0 Å². The zero-order valence-electron chi connectivity index (χ0n) is 15.4. The molecule has 0 bridgehead atoms. The Labute approximate surface area is 157 Å². The largest absolute Gasteiger partial charge is 0.322 e. The van der Waals surface area contributed by atoms with Gasteiger partial charge < -0.3 is 9.88 Å². The summed E-state index contributed by atoms with van der Waals surface area (Å²) >= 11 is 1.44. The molecule has 0 aliphatic rings. The molecule has 2 heterocycles. The van der Waals surface area contributed by atoms with E-state index in [1.54, 1.807) is 10.9 Å². The second-order valence-electron chi connectivity index (χ2n) is 6.36. The molecule has 0 aliphatic carbocycles. The Bertz CT molecular complexity index is 884. The van der Waals surface area contributed by atoms with Gasteiger partial charge in [0.1, 0.15) is 5.82 Å². The summed E-state index contributed by atoms with van der Waals surface area (Å²) < 4.78 is 3.81. The standard InChI is InChI=1S/C19H23N5OS/c1-13(2)24-17(10-11-21-24)22-18(25)14(3)26-19-20-12-16(23(19)4)15-8-6-5-7-9-15/h5-14H,1-4H3,(H,22,25)/t14-/m0/s1. The number of benzene rings is 1. The Morgan fingerprint density at radius 2 is 1.88 bits per heavy atom. The second kappa shape index (κ2) is 7.78. The summed E-state index contributed by atoms with van der Waals surface area (Å²) in [6.07, 6.45) is 3.54. The zero-order valence-corrected chi connectivity index (χ0v) is 16.2. The molecule has 1 N–H and O–H groups in total. The van der Waals surface area contributed by atoms with E-state index >= 15 is 0 Å². The monoisotopic (exact) mass is 369 g/mol. The highest BCUT2D eigenvalue weighted by atomic mass is 32.2. The van der Waals surface area contributed by atoms with E-state index in [2.05, 4.69) is 27.5 Å². The minimum absolute atomic E-state index is 0.0679. The van der Waals surface area contributed by atoms with Crippen LogP contribution in [-0.4, -0.2) is 30.5 Å². The van der Waals surface area contributed by atoms with E-state index in [9.17, 15) is 4.79 Å². The van der Waals surface area contributed by atoms with E-state index < -0.39 is 0 Å². The minimum Gasteiger partial charge on any atom is -0.322 e. The molecule has 0 fully saturated rings. The number of anilines is 1. The number of rotatable bonds is 6. The van der Waals surface area contributed by atoms with Crippen molar-refractivity contribution in [3.05, 3.63) is 48.8 Å². The van der Waals surface area contributed by atoms with Crippen molar-refractivity contribution in [3.63, 3.8) is 0 Å². The van der Waals surface area contributed by atoms with E-state index in [4.69, 9.17) is 0 Å². The maximum absolute atomic E-state index is 12.6. The summed E-state index contributed by atoms with van der Waals surface area (Å²) in [5.41, 5.74) is 2.13. The predicted molar refractivity (Wildman–Crippen MR) is 105 cm³/mol. The normalized spacial score (nSPS) is 12.3. The molecule has 136 valence electrons. The molecule has 0 spiro atoms. The van der Waals surface area contributed by atoms with Crippen LogP contribution in [0.1, 0.15) is 26.8 Å². The van der Waals surface area contributed by atoms with Crippen LogP contribution in [0, 0.1) is 0 Å². The summed E-state index contributed by atoms with van der Waals surface area (Å²) in [5.74, 6) is 0.643. The van der Waals surface area contributed by atoms with Crippen LogP contribution >= 0.6 is 11.8 Å². The van der Waals surface area contributed by atoms with Crippen molar-refractivity contribution < 1.29 is 4.79 Å². The van der Waals surface area contributed by atoms with Gasteiger partial charge in [0.05, 0.1) is 23.3 Å². The number of hydrogen-bond donors (Lipinski definition) is 1. The minimum atomic E-state index is -0.282. The smallest absolute Gasteiger partial charge is 0.238 e. The lowest BCUT2D eigenvalue weighted by Gasteiger charge is -2.15. The van der Waals surface area contributed by atoms with Crippen molar-refractivity contribution in [1.82, 2.24) is 19.3 Å². The summed E-state index contributed by atoms with van der Waals surface area (Å²) in [5, 5.41) is 7.72. The van der Waals surface area contributed by atoms with Crippen LogP contribution < -0.4 is 5.32 Å². The number of thioether (sulfide) groups is 1. The molecule has 26 heavy (non-hydrogen) atoms. The Morgan fingerprint density at radius 1 is 1.15 bits per heavy atom.